The van der Waals surface area contributed by atoms with E-state index in [-0.39, 0.29) is 0 Å². The van der Waals surface area contributed by atoms with Crippen molar-refractivity contribution in [3.05, 3.63) is 18.0 Å². The van der Waals surface area contributed by atoms with Crippen molar-refractivity contribution < 1.29 is 5.11 Å². The van der Waals surface area contributed by atoms with Crippen molar-refractivity contribution in [3.63, 3.8) is 0 Å². The van der Waals surface area contributed by atoms with Gasteiger partial charge in [0, 0.05) is 31.5 Å². The predicted molar refractivity (Wildman–Crippen MR) is 65.2 cm³/mol. The van der Waals surface area contributed by atoms with Crippen LogP contribution >= 0.6 is 0 Å². The maximum absolute atomic E-state index is 8.62. The lowest BCUT2D eigenvalue weighted by Gasteiger charge is -2.02. The largest absolute Gasteiger partial charge is 0.396 e. The van der Waals surface area contributed by atoms with Crippen LogP contribution in [0.2, 0.25) is 0 Å². The van der Waals surface area contributed by atoms with Crippen LogP contribution in [0.4, 0.5) is 0 Å². The second-order valence-electron chi connectivity index (χ2n) is 4.07. The summed E-state index contributed by atoms with van der Waals surface area (Å²) in [6, 6.07) is 0. The zero-order chi connectivity index (χ0) is 11.6. The van der Waals surface area contributed by atoms with Gasteiger partial charge >= 0.3 is 0 Å². The van der Waals surface area contributed by atoms with Gasteiger partial charge in [-0.15, -0.1) is 0 Å². The van der Waals surface area contributed by atoms with Gasteiger partial charge in [-0.1, -0.05) is 6.92 Å². The first kappa shape index (κ1) is 13.2. The van der Waals surface area contributed by atoms with Crippen LogP contribution in [-0.2, 0) is 13.1 Å². The summed E-state index contributed by atoms with van der Waals surface area (Å²) in [6.07, 6.45) is 8.29. The van der Waals surface area contributed by atoms with Crippen molar-refractivity contribution in [1.82, 2.24) is 15.1 Å². The minimum Gasteiger partial charge on any atom is -0.396 e. The summed E-state index contributed by atoms with van der Waals surface area (Å²) < 4.78 is 1.99. The molecule has 0 amide bonds. The predicted octanol–water partition coefficient (Wildman–Crippen LogP) is 1.55. The summed E-state index contributed by atoms with van der Waals surface area (Å²) >= 11 is 0. The van der Waals surface area contributed by atoms with E-state index in [2.05, 4.69) is 23.5 Å². The van der Waals surface area contributed by atoms with E-state index in [0.717, 1.165) is 45.3 Å². The van der Waals surface area contributed by atoms with Crippen molar-refractivity contribution in [2.75, 3.05) is 13.2 Å². The number of nitrogens with one attached hydrogen (secondary N) is 1. The summed E-state index contributed by atoms with van der Waals surface area (Å²) in [4.78, 5) is 0. The van der Waals surface area contributed by atoms with Crippen molar-refractivity contribution >= 4 is 0 Å². The quantitative estimate of drug-likeness (QED) is 0.627. The van der Waals surface area contributed by atoms with E-state index in [1.807, 2.05) is 10.9 Å². The van der Waals surface area contributed by atoms with E-state index in [4.69, 9.17) is 5.11 Å². The number of aliphatic hydroxyl groups excluding tert-OH is 1. The maximum atomic E-state index is 8.62. The van der Waals surface area contributed by atoms with Crippen LogP contribution in [0.15, 0.2) is 12.4 Å². The molecule has 92 valence electrons. The third-order valence-corrected chi connectivity index (χ3v) is 2.48. The van der Waals surface area contributed by atoms with Crippen LogP contribution in [0, 0.1) is 0 Å². The smallest absolute Gasteiger partial charge is 0.0534 e. The SMILES string of the molecule is CCCn1cc(CNCCCCCO)cn1. The van der Waals surface area contributed by atoms with Crippen LogP contribution in [0.25, 0.3) is 0 Å². The Morgan fingerprint density at radius 1 is 1.38 bits per heavy atom. The van der Waals surface area contributed by atoms with Crippen molar-refractivity contribution in [3.8, 4) is 0 Å². The Kier molecular flexibility index (Phi) is 6.85. The molecule has 2 N–H and O–H groups in total. The molecule has 1 rings (SSSR count). The molecule has 0 spiro atoms. The van der Waals surface area contributed by atoms with Gasteiger partial charge in [-0.3, -0.25) is 4.68 Å². The summed E-state index contributed by atoms with van der Waals surface area (Å²) in [5.74, 6) is 0. The number of nitrogens with zero attached hydrogens (tertiary/aromatic N) is 2. The lowest BCUT2D eigenvalue weighted by Crippen LogP contribution is -2.14. The molecular weight excluding hydrogens is 202 g/mol. The Hall–Kier alpha value is -0.870. The first-order valence-corrected chi connectivity index (χ1v) is 6.19. The Labute approximate surface area is 97.7 Å². The number of hydrogen-bond donors (Lipinski definition) is 2. The highest BCUT2D eigenvalue weighted by Gasteiger charge is 1.97. The Bertz CT molecular complexity index is 273. The zero-order valence-corrected chi connectivity index (χ0v) is 10.2. The van der Waals surface area contributed by atoms with E-state index in [1.165, 1.54) is 5.56 Å². The van der Waals surface area contributed by atoms with Gasteiger partial charge in [-0.05, 0) is 32.2 Å². The molecule has 0 aliphatic carbocycles. The van der Waals surface area contributed by atoms with Gasteiger partial charge < -0.3 is 10.4 Å². The molecule has 1 aromatic rings. The van der Waals surface area contributed by atoms with Crippen LogP contribution in [-0.4, -0.2) is 28.0 Å². The number of unbranched alkanes of at least 4 members (excludes halogenated alkanes) is 2. The molecule has 4 heteroatoms. The molecule has 0 unspecified atom stereocenters. The number of rotatable bonds is 9. The molecule has 0 aromatic carbocycles. The topological polar surface area (TPSA) is 50.1 Å². The average Bonchev–Trinajstić information content (AvgIpc) is 2.72. The van der Waals surface area contributed by atoms with Crippen molar-refractivity contribution in [1.29, 1.82) is 0 Å². The van der Waals surface area contributed by atoms with E-state index < -0.39 is 0 Å². The van der Waals surface area contributed by atoms with Crippen LogP contribution in [0.5, 0.6) is 0 Å². The highest BCUT2D eigenvalue weighted by Crippen LogP contribution is 1.99. The normalized spacial score (nSPS) is 10.9. The molecule has 0 aliphatic rings. The fourth-order valence-corrected chi connectivity index (χ4v) is 1.62. The van der Waals surface area contributed by atoms with Gasteiger partial charge in [-0.25, -0.2) is 0 Å². The number of aliphatic hydroxyl groups is 1. The lowest BCUT2D eigenvalue weighted by molar-refractivity contribution is 0.283. The Balaban J connectivity index is 2.07. The number of hydrogen-bond acceptors (Lipinski definition) is 3. The van der Waals surface area contributed by atoms with Crippen molar-refractivity contribution in [2.45, 2.75) is 45.7 Å². The van der Waals surface area contributed by atoms with E-state index in [9.17, 15) is 0 Å². The summed E-state index contributed by atoms with van der Waals surface area (Å²) in [6.45, 7) is 5.36. The standard InChI is InChI=1S/C12H23N3O/c1-2-7-15-11-12(10-14-15)9-13-6-4-3-5-8-16/h10-11,13,16H,2-9H2,1H3. The summed E-state index contributed by atoms with van der Waals surface area (Å²) in [7, 11) is 0. The second-order valence-corrected chi connectivity index (χ2v) is 4.07. The Morgan fingerprint density at radius 2 is 2.25 bits per heavy atom. The minimum absolute atomic E-state index is 0.309. The molecule has 16 heavy (non-hydrogen) atoms. The highest BCUT2D eigenvalue weighted by molar-refractivity contribution is 5.03. The summed E-state index contributed by atoms with van der Waals surface area (Å²) in [5.41, 5.74) is 1.25. The molecule has 0 fully saturated rings. The van der Waals surface area contributed by atoms with Gasteiger partial charge in [-0.2, -0.15) is 5.10 Å². The molecule has 4 nitrogen and oxygen atoms in total. The summed E-state index contributed by atoms with van der Waals surface area (Å²) in [5, 5.41) is 16.3. The maximum Gasteiger partial charge on any atom is 0.0534 e. The van der Waals surface area contributed by atoms with Crippen LogP contribution in [0.1, 0.15) is 38.2 Å². The first-order chi connectivity index (χ1) is 7.86. The average molecular weight is 225 g/mol. The van der Waals surface area contributed by atoms with Gasteiger partial charge in [0.15, 0.2) is 0 Å². The fourth-order valence-electron chi connectivity index (χ4n) is 1.62. The number of aryl methyl sites for hydroxylation is 1. The molecule has 0 radical (unpaired) electrons. The van der Waals surface area contributed by atoms with Gasteiger partial charge in [0.2, 0.25) is 0 Å². The highest BCUT2D eigenvalue weighted by atomic mass is 16.2. The monoisotopic (exact) mass is 225 g/mol. The number of aromatic nitrogens is 2. The Morgan fingerprint density at radius 3 is 3.00 bits per heavy atom. The molecule has 0 bridgehead atoms. The van der Waals surface area contributed by atoms with Crippen molar-refractivity contribution in [2.24, 2.45) is 0 Å². The van der Waals surface area contributed by atoms with E-state index >= 15 is 0 Å². The lowest BCUT2D eigenvalue weighted by atomic mass is 10.2. The third-order valence-electron chi connectivity index (χ3n) is 2.48. The first-order valence-electron chi connectivity index (χ1n) is 6.19. The third kappa shape index (κ3) is 5.28. The van der Waals surface area contributed by atoms with E-state index in [1.54, 1.807) is 0 Å². The molecular formula is C12H23N3O. The second kappa shape index (κ2) is 8.30. The molecule has 0 atom stereocenters. The zero-order valence-electron chi connectivity index (χ0n) is 10.2. The molecule has 0 saturated carbocycles. The van der Waals surface area contributed by atoms with Crippen LogP contribution < -0.4 is 5.32 Å². The molecule has 0 aliphatic heterocycles. The van der Waals surface area contributed by atoms with Gasteiger partial charge in [0.1, 0.15) is 0 Å². The van der Waals surface area contributed by atoms with Crippen LogP contribution in [0.3, 0.4) is 0 Å². The van der Waals surface area contributed by atoms with Gasteiger partial charge in [0.25, 0.3) is 0 Å². The van der Waals surface area contributed by atoms with E-state index in [0.29, 0.717) is 6.61 Å². The van der Waals surface area contributed by atoms with Gasteiger partial charge in [0.05, 0.1) is 6.20 Å². The molecule has 1 heterocycles. The fraction of sp³-hybridized carbons (Fsp3) is 0.750. The minimum atomic E-state index is 0.309. The molecule has 1 aromatic heterocycles. The molecule has 0 saturated heterocycles.